The molecule has 0 amide bonds. The smallest absolute Gasteiger partial charge is 0.0851 e. The molecule has 0 radical (unpaired) electrons. The predicted octanol–water partition coefficient (Wildman–Crippen LogP) is 0.820. The minimum absolute atomic E-state index is 0.867. The van der Waals surface area contributed by atoms with Crippen molar-refractivity contribution >= 4 is 11.4 Å². The minimum Gasteiger partial charge on any atom is -0.365 e. The third-order valence-electron chi connectivity index (χ3n) is 1.51. The van der Waals surface area contributed by atoms with E-state index in [4.69, 9.17) is 0 Å². The van der Waals surface area contributed by atoms with E-state index in [-0.39, 0.29) is 0 Å². The molecule has 0 fully saturated rings. The summed E-state index contributed by atoms with van der Waals surface area (Å²) < 4.78 is 2.03. The quantitative estimate of drug-likeness (QED) is 0.534. The number of nitrogens with zero attached hydrogens (tertiary/aromatic N) is 1. The molecule has 1 aromatic rings. The van der Waals surface area contributed by atoms with Crippen LogP contribution in [0.1, 0.15) is 0 Å². The first-order chi connectivity index (χ1) is 4.36. The molecule has 0 aromatic carbocycles. The van der Waals surface area contributed by atoms with E-state index in [1.54, 1.807) is 0 Å². The molecule has 0 saturated heterocycles. The molecule has 0 aliphatic carbocycles. The lowest BCUT2D eigenvalue weighted by molar-refractivity contribution is 0.925. The summed E-state index contributed by atoms with van der Waals surface area (Å²) in [7, 11) is 2.02. The fraction of sp³-hybridized carbons (Fsp3) is 0.333. The van der Waals surface area contributed by atoms with Crippen molar-refractivity contribution in [3.05, 3.63) is 12.4 Å². The average molecular weight is 123 g/mol. The molecule has 0 unspecified atom stereocenters. The number of aromatic nitrogens is 1. The van der Waals surface area contributed by atoms with Crippen molar-refractivity contribution in [2.24, 2.45) is 7.05 Å². The zero-order valence-corrected chi connectivity index (χ0v) is 5.31. The van der Waals surface area contributed by atoms with Gasteiger partial charge in [0.05, 0.1) is 18.0 Å². The van der Waals surface area contributed by atoms with E-state index < -0.39 is 0 Å². The van der Waals surface area contributed by atoms with E-state index in [1.165, 1.54) is 11.4 Å². The van der Waals surface area contributed by atoms with E-state index in [0.717, 1.165) is 6.67 Å². The van der Waals surface area contributed by atoms with Crippen LogP contribution in [0.15, 0.2) is 12.4 Å². The molecule has 2 N–H and O–H groups in total. The van der Waals surface area contributed by atoms with Gasteiger partial charge in [0.25, 0.3) is 0 Å². The van der Waals surface area contributed by atoms with Crippen LogP contribution >= 0.6 is 0 Å². The monoisotopic (exact) mass is 123 g/mol. The molecular weight excluding hydrogens is 114 g/mol. The molecule has 9 heavy (non-hydrogen) atoms. The normalized spacial score (nSPS) is 14.3. The first-order valence-corrected chi connectivity index (χ1v) is 3.00. The van der Waals surface area contributed by atoms with Crippen LogP contribution < -0.4 is 10.6 Å². The lowest BCUT2D eigenvalue weighted by Gasteiger charge is -1.92. The summed E-state index contributed by atoms with van der Waals surface area (Å²) in [4.78, 5) is 0. The summed E-state index contributed by atoms with van der Waals surface area (Å²) in [6.07, 6.45) is 4.13. The van der Waals surface area contributed by atoms with Gasteiger partial charge < -0.3 is 15.2 Å². The maximum Gasteiger partial charge on any atom is 0.0851 e. The lowest BCUT2D eigenvalue weighted by atomic mass is 10.5. The topological polar surface area (TPSA) is 29.0 Å². The van der Waals surface area contributed by atoms with Crippen LogP contribution in [0.25, 0.3) is 0 Å². The van der Waals surface area contributed by atoms with Gasteiger partial charge in [-0.3, -0.25) is 0 Å². The largest absolute Gasteiger partial charge is 0.365 e. The Morgan fingerprint density at radius 1 is 1.33 bits per heavy atom. The highest BCUT2D eigenvalue weighted by atomic mass is 15.2. The minimum atomic E-state index is 0.867. The van der Waals surface area contributed by atoms with Crippen molar-refractivity contribution in [2.45, 2.75) is 0 Å². The van der Waals surface area contributed by atoms with Crippen molar-refractivity contribution in [2.75, 3.05) is 17.3 Å². The number of fused-ring (bicyclic) bond motifs is 1. The number of anilines is 2. The van der Waals surface area contributed by atoms with Gasteiger partial charge in [-0.2, -0.15) is 0 Å². The molecule has 3 nitrogen and oxygen atoms in total. The Balaban J connectivity index is 2.51. The molecule has 2 heterocycles. The zero-order chi connectivity index (χ0) is 6.27. The molecule has 3 heteroatoms. The second-order valence-corrected chi connectivity index (χ2v) is 2.28. The number of hydrogen-bond acceptors (Lipinski definition) is 2. The van der Waals surface area contributed by atoms with Crippen LogP contribution in [-0.4, -0.2) is 11.2 Å². The number of nitrogens with one attached hydrogen (secondary N) is 2. The summed E-state index contributed by atoms with van der Waals surface area (Å²) in [6, 6.07) is 0. The third kappa shape index (κ3) is 0.575. The Kier molecular flexibility index (Phi) is 0.754. The molecule has 0 saturated carbocycles. The van der Waals surface area contributed by atoms with E-state index in [0.29, 0.717) is 0 Å². The molecule has 0 spiro atoms. The summed E-state index contributed by atoms with van der Waals surface area (Å²) in [6.45, 7) is 0.867. The van der Waals surface area contributed by atoms with Crippen molar-refractivity contribution in [3.8, 4) is 0 Å². The summed E-state index contributed by atoms with van der Waals surface area (Å²) in [5, 5.41) is 6.38. The third-order valence-corrected chi connectivity index (χ3v) is 1.51. The highest BCUT2D eigenvalue weighted by Crippen LogP contribution is 2.25. The Hall–Kier alpha value is -1.12. The first-order valence-electron chi connectivity index (χ1n) is 3.00. The standard InChI is InChI=1S/C6H9N3/c1-9-2-5-6(3-9)8-4-7-5/h2-3,7-8H,4H2,1H3. The van der Waals surface area contributed by atoms with Gasteiger partial charge in [0.15, 0.2) is 0 Å². The van der Waals surface area contributed by atoms with Crippen molar-refractivity contribution in [3.63, 3.8) is 0 Å². The Labute approximate surface area is 53.7 Å². The van der Waals surface area contributed by atoms with Crippen LogP contribution in [0, 0.1) is 0 Å². The van der Waals surface area contributed by atoms with Gasteiger partial charge in [-0.25, -0.2) is 0 Å². The molecule has 2 rings (SSSR count). The summed E-state index contributed by atoms with van der Waals surface area (Å²) in [5.74, 6) is 0. The van der Waals surface area contributed by atoms with Gasteiger partial charge in [-0.15, -0.1) is 0 Å². The second-order valence-electron chi connectivity index (χ2n) is 2.28. The molecule has 1 aliphatic heterocycles. The van der Waals surface area contributed by atoms with Crippen LogP contribution in [0.2, 0.25) is 0 Å². The summed E-state index contributed by atoms with van der Waals surface area (Å²) >= 11 is 0. The van der Waals surface area contributed by atoms with Crippen LogP contribution in [0.5, 0.6) is 0 Å². The Morgan fingerprint density at radius 3 is 2.44 bits per heavy atom. The van der Waals surface area contributed by atoms with Crippen molar-refractivity contribution in [1.82, 2.24) is 4.57 Å². The number of hydrogen-bond donors (Lipinski definition) is 2. The molecule has 0 bridgehead atoms. The molecular formula is C6H9N3. The molecule has 0 atom stereocenters. The fourth-order valence-electron chi connectivity index (χ4n) is 1.10. The highest BCUT2D eigenvalue weighted by Gasteiger charge is 2.08. The average Bonchev–Trinajstić information content (AvgIpc) is 2.22. The fourth-order valence-corrected chi connectivity index (χ4v) is 1.10. The lowest BCUT2D eigenvalue weighted by Crippen LogP contribution is -2.01. The molecule has 1 aromatic heterocycles. The Bertz CT molecular complexity index is 205. The van der Waals surface area contributed by atoms with E-state index in [1.807, 2.05) is 11.6 Å². The zero-order valence-electron chi connectivity index (χ0n) is 5.31. The summed E-state index contributed by atoms with van der Waals surface area (Å²) in [5.41, 5.74) is 2.41. The van der Waals surface area contributed by atoms with E-state index in [9.17, 15) is 0 Å². The van der Waals surface area contributed by atoms with Gasteiger partial charge in [0.2, 0.25) is 0 Å². The highest BCUT2D eigenvalue weighted by molar-refractivity contribution is 5.72. The SMILES string of the molecule is Cn1cc2c(c1)NCN2. The number of rotatable bonds is 0. The van der Waals surface area contributed by atoms with Gasteiger partial charge in [0.1, 0.15) is 0 Å². The van der Waals surface area contributed by atoms with E-state index in [2.05, 4.69) is 23.0 Å². The predicted molar refractivity (Wildman–Crippen MR) is 37.5 cm³/mol. The van der Waals surface area contributed by atoms with Gasteiger partial charge in [-0.05, 0) is 0 Å². The van der Waals surface area contributed by atoms with Crippen molar-refractivity contribution in [1.29, 1.82) is 0 Å². The van der Waals surface area contributed by atoms with Gasteiger partial charge in [0, 0.05) is 19.4 Å². The van der Waals surface area contributed by atoms with Gasteiger partial charge in [-0.1, -0.05) is 0 Å². The maximum atomic E-state index is 3.19. The van der Waals surface area contributed by atoms with Gasteiger partial charge >= 0.3 is 0 Å². The van der Waals surface area contributed by atoms with E-state index >= 15 is 0 Å². The van der Waals surface area contributed by atoms with Crippen LogP contribution in [0.3, 0.4) is 0 Å². The maximum absolute atomic E-state index is 3.19. The van der Waals surface area contributed by atoms with Crippen molar-refractivity contribution < 1.29 is 0 Å². The van der Waals surface area contributed by atoms with Crippen LogP contribution in [-0.2, 0) is 7.05 Å². The van der Waals surface area contributed by atoms with Crippen LogP contribution in [0.4, 0.5) is 11.4 Å². The first kappa shape index (κ1) is 4.73. The Morgan fingerprint density at radius 2 is 1.89 bits per heavy atom. The second kappa shape index (κ2) is 1.43. The molecule has 48 valence electrons. The number of aryl methyl sites for hydroxylation is 1. The molecule has 1 aliphatic rings.